The van der Waals surface area contributed by atoms with E-state index in [0.29, 0.717) is 19.0 Å². The standard InChI is InChI=1S/C12H14N2O3/c15-12(16)10-3-4-11(14-7-10)13-6-9-2-1-5-17-8-9/h2-4,7H,1,5-6,8H2,(H,13,14)(H,15,16). The number of carboxylic acid groups (broad SMARTS) is 1. The summed E-state index contributed by atoms with van der Waals surface area (Å²) < 4.78 is 5.31. The summed E-state index contributed by atoms with van der Waals surface area (Å²) in [5.41, 5.74) is 1.39. The third-order valence-electron chi connectivity index (χ3n) is 2.49. The molecule has 0 saturated heterocycles. The van der Waals surface area contributed by atoms with E-state index in [-0.39, 0.29) is 5.56 Å². The van der Waals surface area contributed by atoms with Crippen LogP contribution in [0.1, 0.15) is 16.8 Å². The largest absolute Gasteiger partial charge is 0.478 e. The van der Waals surface area contributed by atoms with Gasteiger partial charge in [0.15, 0.2) is 0 Å². The minimum absolute atomic E-state index is 0.191. The molecule has 1 aliphatic rings. The van der Waals surface area contributed by atoms with Gasteiger partial charge in [-0.25, -0.2) is 9.78 Å². The lowest BCUT2D eigenvalue weighted by Gasteiger charge is -2.14. The number of hydrogen-bond acceptors (Lipinski definition) is 4. The summed E-state index contributed by atoms with van der Waals surface area (Å²) in [6, 6.07) is 3.19. The van der Waals surface area contributed by atoms with E-state index in [2.05, 4.69) is 16.4 Å². The molecule has 5 nitrogen and oxygen atoms in total. The molecule has 1 aliphatic heterocycles. The van der Waals surface area contributed by atoms with E-state index in [1.54, 1.807) is 6.07 Å². The molecule has 0 aromatic carbocycles. The molecule has 1 aromatic rings. The van der Waals surface area contributed by atoms with E-state index < -0.39 is 5.97 Å². The molecule has 0 atom stereocenters. The fourth-order valence-corrected chi connectivity index (χ4v) is 1.56. The molecule has 2 rings (SSSR count). The lowest BCUT2D eigenvalue weighted by Crippen LogP contribution is -2.14. The van der Waals surface area contributed by atoms with Gasteiger partial charge in [0.2, 0.25) is 0 Å². The number of carbonyl (C=O) groups is 1. The molecule has 0 fully saturated rings. The van der Waals surface area contributed by atoms with Crippen molar-refractivity contribution in [2.24, 2.45) is 0 Å². The van der Waals surface area contributed by atoms with E-state index in [1.165, 1.54) is 17.8 Å². The number of nitrogens with zero attached hydrogens (tertiary/aromatic N) is 1. The average Bonchev–Trinajstić information content (AvgIpc) is 2.38. The van der Waals surface area contributed by atoms with Crippen LogP contribution in [0.3, 0.4) is 0 Å². The van der Waals surface area contributed by atoms with Gasteiger partial charge in [-0.2, -0.15) is 0 Å². The van der Waals surface area contributed by atoms with Crippen molar-refractivity contribution in [1.82, 2.24) is 4.98 Å². The van der Waals surface area contributed by atoms with Gasteiger partial charge < -0.3 is 15.2 Å². The van der Waals surface area contributed by atoms with Crippen LogP contribution in [0, 0.1) is 0 Å². The molecule has 0 spiro atoms. The normalized spacial score (nSPS) is 15.2. The zero-order chi connectivity index (χ0) is 12.1. The molecule has 0 saturated carbocycles. The van der Waals surface area contributed by atoms with Crippen LogP contribution < -0.4 is 5.32 Å². The zero-order valence-electron chi connectivity index (χ0n) is 9.35. The van der Waals surface area contributed by atoms with Crippen LogP contribution in [0.4, 0.5) is 5.82 Å². The average molecular weight is 234 g/mol. The smallest absolute Gasteiger partial charge is 0.337 e. The second-order valence-corrected chi connectivity index (χ2v) is 3.79. The van der Waals surface area contributed by atoms with Crippen molar-refractivity contribution in [2.45, 2.75) is 6.42 Å². The first kappa shape index (κ1) is 11.6. The first-order valence-electron chi connectivity index (χ1n) is 5.44. The summed E-state index contributed by atoms with van der Waals surface area (Å²) in [6.45, 7) is 2.12. The highest BCUT2D eigenvalue weighted by atomic mass is 16.5. The molecule has 0 amide bonds. The van der Waals surface area contributed by atoms with Crippen molar-refractivity contribution in [1.29, 1.82) is 0 Å². The lowest BCUT2D eigenvalue weighted by atomic mass is 10.2. The predicted octanol–water partition coefficient (Wildman–Crippen LogP) is 1.54. The molecular formula is C12H14N2O3. The van der Waals surface area contributed by atoms with Gasteiger partial charge in [0.05, 0.1) is 18.8 Å². The van der Waals surface area contributed by atoms with Crippen LogP contribution in [0.5, 0.6) is 0 Å². The number of anilines is 1. The number of aromatic nitrogens is 1. The predicted molar refractivity (Wildman–Crippen MR) is 63.2 cm³/mol. The van der Waals surface area contributed by atoms with Gasteiger partial charge in [-0.1, -0.05) is 6.08 Å². The molecular weight excluding hydrogens is 220 g/mol. The van der Waals surface area contributed by atoms with Crippen molar-refractivity contribution >= 4 is 11.8 Å². The van der Waals surface area contributed by atoms with Crippen LogP contribution >= 0.6 is 0 Å². The van der Waals surface area contributed by atoms with Crippen LogP contribution in [-0.4, -0.2) is 35.8 Å². The fraction of sp³-hybridized carbons (Fsp3) is 0.333. The first-order valence-corrected chi connectivity index (χ1v) is 5.44. The second kappa shape index (κ2) is 5.45. The Balaban J connectivity index is 1.90. The lowest BCUT2D eigenvalue weighted by molar-refractivity contribution is 0.0696. The van der Waals surface area contributed by atoms with Crippen LogP contribution in [0.15, 0.2) is 30.0 Å². The van der Waals surface area contributed by atoms with Gasteiger partial charge >= 0.3 is 5.97 Å². The van der Waals surface area contributed by atoms with Crippen molar-refractivity contribution < 1.29 is 14.6 Å². The third-order valence-corrected chi connectivity index (χ3v) is 2.49. The monoisotopic (exact) mass is 234 g/mol. The SMILES string of the molecule is O=C(O)c1ccc(NCC2=CCCOC2)nc1. The molecule has 2 heterocycles. The minimum atomic E-state index is -0.965. The van der Waals surface area contributed by atoms with E-state index >= 15 is 0 Å². The number of ether oxygens (including phenoxy) is 1. The Morgan fingerprint density at radius 3 is 3.00 bits per heavy atom. The maximum absolute atomic E-state index is 10.6. The molecule has 0 aliphatic carbocycles. The van der Waals surface area contributed by atoms with Gasteiger partial charge in [0.25, 0.3) is 0 Å². The Kier molecular flexibility index (Phi) is 3.72. The van der Waals surface area contributed by atoms with E-state index in [0.717, 1.165) is 13.0 Å². The fourth-order valence-electron chi connectivity index (χ4n) is 1.56. The van der Waals surface area contributed by atoms with Gasteiger partial charge in [0, 0.05) is 12.7 Å². The zero-order valence-corrected chi connectivity index (χ0v) is 9.35. The minimum Gasteiger partial charge on any atom is -0.478 e. The molecule has 0 bridgehead atoms. The number of rotatable bonds is 4. The van der Waals surface area contributed by atoms with Gasteiger partial charge in [-0.3, -0.25) is 0 Å². The number of carboxylic acids is 1. The van der Waals surface area contributed by atoms with Crippen LogP contribution in [0.2, 0.25) is 0 Å². The topological polar surface area (TPSA) is 71.5 Å². The molecule has 2 N–H and O–H groups in total. The van der Waals surface area contributed by atoms with Gasteiger partial charge in [-0.15, -0.1) is 0 Å². The maximum Gasteiger partial charge on any atom is 0.337 e. The summed E-state index contributed by atoms with van der Waals surface area (Å²) in [5.74, 6) is -0.297. The van der Waals surface area contributed by atoms with Crippen molar-refractivity contribution in [2.75, 3.05) is 25.1 Å². The molecule has 0 unspecified atom stereocenters. The van der Waals surface area contributed by atoms with E-state index in [4.69, 9.17) is 9.84 Å². The Hall–Kier alpha value is -1.88. The summed E-state index contributed by atoms with van der Waals surface area (Å²) in [5, 5.41) is 11.9. The highest BCUT2D eigenvalue weighted by Crippen LogP contribution is 2.09. The number of hydrogen-bond donors (Lipinski definition) is 2. The van der Waals surface area contributed by atoms with Crippen LogP contribution in [0.25, 0.3) is 0 Å². The van der Waals surface area contributed by atoms with Crippen molar-refractivity contribution in [3.8, 4) is 0 Å². The van der Waals surface area contributed by atoms with E-state index in [9.17, 15) is 4.79 Å². The van der Waals surface area contributed by atoms with Crippen LogP contribution in [-0.2, 0) is 4.74 Å². The van der Waals surface area contributed by atoms with Crippen molar-refractivity contribution in [3.05, 3.63) is 35.5 Å². The molecule has 90 valence electrons. The maximum atomic E-state index is 10.6. The molecule has 5 heteroatoms. The number of aromatic carboxylic acids is 1. The number of pyridine rings is 1. The summed E-state index contributed by atoms with van der Waals surface area (Å²) >= 11 is 0. The summed E-state index contributed by atoms with van der Waals surface area (Å²) in [7, 11) is 0. The molecule has 1 aromatic heterocycles. The van der Waals surface area contributed by atoms with Crippen molar-refractivity contribution in [3.63, 3.8) is 0 Å². The van der Waals surface area contributed by atoms with E-state index in [1.807, 2.05) is 0 Å². The quantitative estimate of drug-likeness (QED) is 0.773. The van der Waals surface area contributed by atoms with Gasteiger partial charge in [0.1, 0.15) is 5.82 Å². The Bertz CT molecular complexity index is 426. The Labute approximate surface area is 99.1 Å². The number of nitrogens with one attached hydrogen (secondary N) is 1. The second-order valence-electron chi connectivity index (χ2n) is 3.79. The van der Waals surface area contributed by atoms with Gasteiger partial charge in [-0.05, 0) is 24.1 Å². The first-order chi connectivity index (χ1) is 8.25. The summed E-state index contributed by atoms with van der Waals surface area (Å²) in [4.78, 5) is 14.7. The summed E-state index contributed by atoms with van der Waals surface area (Å²) in [6.07, 6.45) is 4.45. The Morgan fingerprint density at radius 2 is 2.41 bits per heavy atom. The Morgan fingerprint density at radius 1 is 1.53 bits per heavy atom. The highest BCUT2D eigenvalue weighted by Gasteiger charge is 2.05. The molecule has 0 radical (unpaired) electrons. The molecule has 17 heavy (non-hydrogen) atoms. The third kappa shape index (κ3) is 3.29. The highest BCUT2D eigenvalue weighted by molar-refractivity contribution is 5.87.